The average molecular weight is 272 g/mol. The van der Waals surface area contributed by atoms with Gasteiger partial charge in [-0.15, -0.1) is 0 Å². The number of ether oxygens (including phenoxy) is 1. The van der Waals surface area contributed by atoms with Crippen LogP contribution in [-0.4, -0.2) is 12.9 Å². The first-order chi connectivity index (χ1) is 9.82. The number of hydrogen-bond acceptors (Lipinski definition) is 2. The third kappa shape index (κ3) is 3.05. The molecule has 2 saturated carbocycles. The predicted molar refractivity (Wildman–Crippen MR) is 80.2 cm³/mol. The first-order valence-electron chi connectivity index (χ1n) is 8.00. The van der Waals surface area contributed by atoms with E-state index in [9.17, 15) is 4.79 Å². The van der Waals surface area contributed by atoms with Crippen molar-refractivity contribution in [2.24, 2.45) is 11.3 Å². The SMILES string of the molecule is O=Cc1cccc(OCC2(C3CC3)CCCCCC2)c1. The molecule has 2 fully saturated rings. The molecule has 2 nitrogen and oxygen atoms in total. The zero-order valence-corrected chi connectivity index (χ0v) is 12.1. The Morgan fingerprint density at radius 1 is 1.15 bits per heavy atom. The largest absolute Gasteiger partial charge is 0.493 e. The van der Waals surface area contributed by atoms with Crippen LogP contribution in [0.15, 0.2) is 24.3 Å². The van der Waals surface area contributed by atoms with Gasteiger partial charge in [0.05, 0.1) is 6.61 Å². The Balaban J connectivity index is 1.68. The zero-order chi connectivity index (χ0) is 13.8. The highest BCUT2D eigenvalue weighted by Crippen LogP contribution is 2.53. The van der Waals surface area contributed by atoms with E-state index in [1.165, 1.54) is 51.4 Å². The van der Waals surface area contributed by atoms with Gasteiger partial charge >= 0.3 is 0 Å². The summed E-state index contributed by atoms with van der Waals surface area (Å²) in [4.78, 5) is 10.8. The van der Waals surface area contributed by atoms with Gasteiger partial charge in [-0.3, -0.25) is 4.79 Å². The molecule has 0 aromatic heterocycles. The van der Waals surface area contributed by atoms with Crippen LogP contribution < -0.4 is 4.74 Å². The minimum Gasteiger partial charge on any atom is -0.493 e. The Morgan fingerprint density at radius 3 is 2.55 bits per heavy atom. The first-order valence-corrected chi connectivity index (χ1v) is 8.00. The van der Waals surface area contributed by atoms with Crippen LogP contribution in [0, 0.1) is 11.3 Å². The van der Waals surface area contributed by atoms with Crippen molar-refractivity contribution in [3.8, 4) is 5.75 Å². The highest BCUT2D eigenvalue weighted by Gasteiger charge is 2.45. The van der Waals surface area contributed by atoms with E-state index >= 15 is 0 Å². The molecule has 0 unspecified atom stereocenters. The second kappa shape index (κ2) is 5.99. The Morgan fingerprint density at radius 2 is 1.90 bits per heavy atom. The highest BCUT2D eigenvalue weighted by atomic mass is 16.5. The van der Waals surface area contributed by atoms with E-state index in [1.807, 2.05) is 24.3 Å². The molecule has 0 aliphatic heterocycles. The number of hydrogen-bond donors (Lipinski definition) is 0. The summed E-state index contributed by atoms with van der Waals surface area (Å²) < 4.78 is 6.09. The van der Waals surface area contributed by atoms with Gasteiger partial charge < -0.3 is 4.74 Å². The lowest BCUT2D eigenvalue weighted by Gasteiger charge is -2.33. The molecule has 1 aromatic carbocycles. The van der Waals surface area contributed by atoms with Gasteiger partial charge in [-0.05, 0) is 43.7 Å². The molecule has 0 N–H and O–H groups in total. The van der Waals surface area contributed by atoms with Crippen molar-refractivity contribution < 1.29 is 9.53 Å². The average Bonchev–Trinajstić information content (AvgIpc) is 3.32. The molecular weight excluding hydrogens is 248 g/mol. The maximum absolute atomic E-state index is 10.8. The Hall–Kier alpha value is -1.31. The van der Waals surface area contributed by atoms with Gasteiger partial charge in [-0.25, -0.2) is 0 Å². The first kappa shape index (κ1) is 13.7. The highest BCUT2D eigenvalue weighted by molar-refractivity contribution is 5.75. The smallest absolute Gasteiger partial charge is 0.150 e. The van der Waals surface area contributed by atoms with Gasteiger partial charge in [0, 0.05) is 11.0 Å². The molecule has 0 saturated heterocycles. The monoisotopic (exact) mass is 272 g/mol. The summed E-state index contributed by atoms with van der Waals surface area (Å²) in [7, 11) is 0. The van der Waals surface area contributed by atoms with Crippen LogP contribution in [0.3, 0.4) is 0 Å². The molecule has 0 atom stereocenters. The van der Waals surface area contributed by atoms with E-state index in [1.54, 1.807) is 0 Å². The Labute approximate surface area is 121 Å². The molecule has 0 amide bonds. The molecule has 0 spiro atoms. The molecule has 2 aliphatic rings. The number of aldehydes is 1. The van der Waals surface area contributed by atoms with Crippen LogP contribution in [0.4, 0.5) is 0 Å². The second-order valence-electron chi connectivity index (χ2n) is 6.53. The third-order valence-corrected chi connectivity index (χ3v) is 5.06. The molecular formula is C18H24O2. The predicted octanol–water partition coefficient (Wildman–Crippen LogP) is 4.63. The molecule has 0 radical (unpaired) electrons. The Kier molecular flexibility index (Phi) is 4.09. The fourth-order valence-electron chi connectivity index (χ4n) is 3.70. The van der Waals surface area contributed by atoms with Crippen molar-refractivity contribution in [2.45, 2.75) is 51.4 Å². The van der Waals surface area contributed by atoms with Crippen molar-refractivity contribution >= 4 is 6.29 Å². The number of carbonyl (C=O) groups is 1. The summed E-state index contributed by atoms with van der Waals surface area (Å²) in [6.07, 6.45) is 11.8. The lowest BCUT2D eigenvalue weighted by atomic mass is 9.76. The summed E-state index contributed by atoms with van der Waals surface area (Å²) in [6, 6.07) is 7.53. The van der Waals surface area contributed by atoms with Gasteiger partial charge in [0.25, 0.3) is 0 Å². The van der Waals surface area contributed by atoms with E-state index < -0.39 is 0 Å². The molecule has 20 heavy (non-hydrogen) atoms. The van der Waals surface area contributed by atoms with Gasteiger partial charge in [0.15, 0.2) is 0 Å². The lowest BCUT2D eigenvalue weighted by molar-refractivity contribution is 0.0991. The molecule has 0 heterocycles. The fraction of sp³-hybridized carbons (Fsp3) is 0.611. The molecule has 2 aliphatic carbocycles. The van der Waals surface area contributed by atoms with Crippen LogP contribution in [-0.2, 0) is 0 Å². The minimum atomic E-state index is 0.410. The van der Waals surface area contributed by atoms with Crippen molar-refractivity contribution in [1.82, 2.24) is 0 Å². The summed E-state index contributed by atoms with van der Waals surface area (Å²) in [5.74, 6) is 1.73. The van der Waals surface area contributed by atoms with E-state index in [0.717, 1.165) is 24.6 Å². The molecule has 3 rings (SSSR count). The summed E-state index contributed by atoms with van der Waals surface area (Å²) in [6.45, 7) is 0.833. The van der Waals surface area contributed by atoms with Gasteiger partial charge in [0.1, 0.15) is 12.0 Å². The summed E-state index contributed by atoms with van der Waals surface area (Å²) in [5, 5.41) is 0. The number of carbonyl (C=O) groups excluding carboxylic acids is 1. The fourth-order valence-corrected chi connectivity index (χ4v) is 3.70. The molecule has 2 heteroatoms. The van der Waals surface area contributed by atoms with Crippen LogP contribution >= 0.6 is 0 Å². The quantitative estimate of drug-likeness (QED) is 0.577. The third-order valence-electron chi connectivity index (χ3n) is 5.06. The second-order valence-corrected chi connectivity index (χ2v) is 6.53. The minimum absolute atomic E-state index is 0.410. The summed E-state index contributed by atoms with van der Waals surface area (Å²) in [5.41, 5.74) is 1.11. The molecule has 108 valence electrons. The van der Waals surface area contributed by atoms with Crippen molar-refractivity contribution in [3.05, 3.63) is 29.8 Å². The standard InChI is InChI=1S/C18H24O2/c19-13-15-6-5-7-17(12-15)20-14-18(16-8-9-16)10-3-1-2-4-11-18/h5-7,12-13,16H,1-4,8-11,14H2. The van der Waals surface area contributed by atoms with E-state index in [-0.39, 0.29) is 0 Å². The van der Waals surface area contributed by atoms with E-state index in [0.29, 0.717) is 11.0 Å². The Bertz CT molecular complexity index is 454. The zero-order valence-electron chi connectivity index (χ0n) is 12.1. The van der Waals surface area contributed by atoms with E-state index in [2.05, 4.69) is 0 Å². The van der Waals surface area contributed by atoms with Gasteiger partial charge in [-0.2, -0.15) is 0 Å². The van der Waals surface area contributed by atoms with Crippen LogP contribution in [0.1, 0.15) is 61.7 Å². The van der Waals surface area contributed by atoms with Crippen molar-refractivity contribution in [3.63, 3.8) is 0 Å². The van der Waals surface area contributed by atoms with E-state index in [4.69, 9.17) is 4.74 Å². The van der Waals surface area contributed by atoms with Crippen molar-refractivity contribution in [2.75, 3.05) is 6.61 Å². The maximum Gasteiger partial charge on any atom is 0.150 e. The number of benzene rings is 1. The molecule has 1 aromatic rings. The topological polar surface area (TPSA) is 26.3 Å². The maximum atomic E-state index is 10.8. The van der Waals surface area contributed by atoms with Crippen LogP contribution in [0.2, 0.25) is 0 Å². The number of rotatable bonds is 5. The van der Waals surface area contributed by atoms with Gasteiger partial charge in [-0.1, -0.05) is 37.8 Å². The molecule has 0 bridgehead atoms. The van der Waals surface area contributed by atoms with Crippen molar-refractivity contribution in [1.29, 1.82) is 0 Å². The summed E-state index contributed by atoms with van der Waals surface area (Å²) >= 11 is 0. The van der Waals surface area contributed by atoms with Crippen LogP contribution in [0.5, 0.6) is 5.75 Å². The normalized spacial score (nSPS) is 22.0. The van der Waals surface area contributed by atoms with Gasteiger partial charge in [0.2, 0.25) is 0 Å². The van der Waals surface area contributed by atoms with Crippen LogP contribution in [0.25, 0.3) is 0 Å². The lowest BCUT2D eigenvalue weighted by Crippen LogP contribution is -2.30.